The maximum absolute atomic E-state index is 13.3. The second-order valence-electron chi connectivity index (χ2n) is 7.72. The van der Waals surface area contributed by atoms with Crippen LogP contribution in [0.2, 0.25) is 0 Å². The van der Waals surface area contributed by atoms with Crippen molar-refractivity contribution < 1.29 is 23.9 Å². The smallest absolute Gasteiger partial charge is 0.344 e. The zero-order chi connectivity index (χ0) is 26.4. The number of hydrogen-bond acceptors (Lipinski definition) is 9. The van der Waals surface area contributed by atoms with Gasteiger partial charge in [-0.25, -0.2) is 9.78 Å². The summed E-state index contributed by atoms with van der Waals surface area (Å²) in [7, 11) is 1.31. The van der Waals surface area contributed by atoms with Gasteiger partial charge in [-0.1, -0.05) is 29.8 Å². The number of rotatable bonds is 10. The van der Waals surface area contributed by atoms with Crippen LogP contribution in [0.15, 0.2) is 44.7 Å². The van der Waals surface area contributed by atoms with E-state index >= 15 is 0 Å². The van der Waals surface area contributed by atoms with E-state index in [1.165, 1.54) is 30.1 Å². The molecule has 0 N–H and O–H groups in total. The minimum Gasteiger partial charge on any atom is -0.493 e. The minimum atomic E-state index is -0.674. The van der Waals surface area contributed by atoms with Crippen molar-refractivity contribution in [1.82, 2.24) is 9.66 Å². The zero-order valence-electron chi connectivity index (χ0n) is 20.2. The number of ether oxygens (including phenoxy) is 3. The molecular formula is C24H25BrN4O7. The molecule has 0 saturated heterocycles. The summed E-state index contributed by atoms with van der Waals surface area (Å²) in [4.78, 5) is 40.7. The van der Waals surface area contributed by atoms with Gasteiger partial charge in [0.15, 0.2) is 12.4 Å². The lowest BCUT2D eigenvalue weighted by Gasteiger charge is -2.14. The van der Waals surface area contributed by atoms with Gasteiger partial charge in [0.25, 0.3) is 5.56 Å². The summed E-state index contributed by atoms with van der Waals surface area (Å²) in [6, 6.07) is 7.89. The third-order valence-electron chi connectivity index (χ3n) is 5.32. The van der Waals surface area contributed by atoms with Crippen LogP contribution in [0.5, 0.6) is 11.5 Å². The number of carbonyl (C=O) groups is 1. The Morgan fingerprint density at radius 2 is 2.06 bits per heavy atom. The first-order valence-corrected chi connectivity index (χ1v) is 11.9. The predicted molar refractivity (Wildman–Crippen MR) is 137 cm³/mol. The number of nitrogens with zero attached hydrogens (tertiary/aromatic N) is 4. The molecule has 0 amide bonds. The number of hydrogen-bond donors (Lipinski definition) is 0. The molecule has 3 aromatic rings. The maximum Gasteiger partial charge on any atom is 0.344 e. The fourth-order valence-corrected chi connectivity index (χ4v) is 3.71. The summed E-state index contributed by atoms with van der Waals surface area (Å²) in [5.74, 6) is -0.492. The van der Waals surface area contributed by atoms with Crippen LogP contribution >= 0.6 is 15.9 Å². The van der Waals surface area contributed by atoms with Gasteiger partial charge in [-0.15, -0.1) is 0 Å². The average Bonchev–Trinajstić information content (AvgIpc) is 2.86. The second-order valence-corrected chi connectivity index (χ2v) is 8.64. The van der Waals surface area contributed by atoms with Crippen molar-refractivity contribution in [3.63, 3.8) is 0 Å². The van der Waals surface area contributed by atoms with E-state index in [0.29, 0.717) is 16.7 Å². The molecule has 0 spiro atoms. The van der Waals surface area contributed by atoms with Crippen molar-refractivity contribution in [3.05, 3.63) is 66.7 Å². The Labute approximate surface area is 215 Å². The Bertz CT molecular complexity index is 1390. The molecule has 0 unspecified atom stereocenters. The van der Waals surface area contributed by atoms with Crippen molar-refractivity contribution in [1.29, 1.82) is 0 Å². The van der Waals surface area contributed by atoms with E-state index in [-0.39, 0.29) is 35.1 Å². The van der Waals surface area contributed by atoms with Crippen molar-refractivity contribution in [2.75, 3.05) is 20.3 Å². The van der Waals surface area contributed by atoms with Crippen molar-refractivity contribution >= 4 is 44.7 Å². The van der Waals surface area contributed by atoms with Crippen LogP contribution in [0.25, 0.3) is 10.9 Å². The Morgan fingerprint density at radius 1 is 1.31 bits per heavy atom. The molecular weight excluding hydrogens is 536 g/mol. The van der Waals surface area contributed by atoms with E-state index in [2.05, 4.69) is 26.0 Å². The number of fused-ring (bicyclic) bond motifs is 1. The van der Waals surface area contributed by atoms with Crippen LogP contribution in [0.3, 0.4) is 0 Å². The fourth-order valence-electron chi connectivity index (χ4n) is 3.35. The summed E-state index contributed by atoms with van der Waals surface area (Å²) in [5.41, 5.74) is 0.0163. The number of esters is 1. The van der Waals surface area contributed by atoms with E-state index in [1.54, 1.807) is 25.1 Å². The highest BCUT2D eigenvalue weighted by molar-refractivity contribution is 9.10. The maximum atomic E-state index is 13.3. The second kappa shape index (κ2) is 11.8. The van der Waals surface area contributed by atoms with Gasteiger partial charge in [0, 0.05) is 22.0 Å². The largest absolute Gasteiger partial charge is 0.493 e. The molecule has 190 valence electrons. The van der Waals surface area contributed by atoms with Crippen LogP contribution in [-0.4, -0.2) is 47.1 Å². The van der Waals surface area contributed by atoms with E-state index in [9.17, 15) is 19.7 Å². The third-order valence-corrected chi connectivity index (χ3v) is 5.82. The summed E-state index contributed by atoms with van der Waals surface area (Å²) in [5, 5.41) is 16.5. The first-order valence-electron chi connectivity index (χ1n) is 11.1. The molecule has 11 nitrogen and oxygen atoms in total. The molecule has 0 aliphatic heterocycles. The normalized spacial score (nSPS) is 12.0. The van der Waals surface area contributed by atoms with E-state index in [1.807, 2.05) is 13.8 Å². The Morgan fingerprint density at radius 3 is 2.69 bits per heavy atom. The molecule has 1 aromatic heterocycles. The first-order chi connectivity index (χ1) is 17.2. The number of aromatic nitrogens is 2. The molecule has 0 bridgehead atoms. The van der Waals surface area contributed by atoms with Crippen molar-refractivity contribution in [2.24, 2.45) is 5.10 Å². The van der Waals surface area contributed by atoms with E-state index in [4.69, 9.17) is 14.2 Å². The van der Waals surface area contributed by atoms with Gasteiger partial charge < -0.3 is 14.2 Å². The number of methoxy groups -OCH3 is 1. The van der Waals surface area contributed by atoms with Crippen LogP contribution in [0.1, 0.15) is 44.5 Å². The monoisotopic (exact) mass is 560 g/mol. The molecule has 12 heteroatoms. The van der Waals surface area contributed by atoms with Crippen LogP contribution in [0, 0.1) is 10.1 Å². The van der Waals surface area contributed by atoms with Gasteiger partial charge in [-0.3, -0.25) is 14.9 Å². The molecule has 1 heterocycles. The van der Waals surface area contributed by atoms with Crippen molar-refractivity contribution in [2.45, 2.75) is 33.1 Å². The topological polar surface area (TPSA) is 135 Å². The first kappa shape index (κ1) is 26.8. The van der Waals surface area contributed by atoms with Gasteiger partial charge in [-0.05, 0) is 37.6 Å². The van der Waals surface area contributed by atoms with Gasteiger partial charge in [0.1, 0.15) is 5.82 Å². The third kappa shape index (κ3) is 5.88. The fraction of sp³-hybridized carbons (Fsp3) is 0.333. The number of carbonyl (C=O) groups excluding carboxylic acids is 1. The highest BCUT2D eigenvalue weighted by Crippen LogP contribution is 2.38. The summed E-state index contributed by atoms with van der Waals surface area (Å²) in [6.07, 6.45) is 2.03. The van der Waals surface area contributed by atoms with Crippen LogP contribution in [-0.2, 0) is 9.53 Å². The highest BCUT2D eigenvalue weighted by atomic mass is 79.9. The average molecular weight is 561 g/mol. The quantitative estimate of drug-likeness (QED) is 0.154. The Kier molecular flexibility index (Phi) is 8.75. The van der Waals surface area contributed by atoms with Crippen LogP contribution < -0.4 is 15.0 Å². The van der Waals surface area contributed by atoms with Gasteiger partial charge >= 0.3 is 11.7 Å². The molecule has 2 aromatic carbocycles. The highest BCUT2D eigenvalue weighted by Gasteiger charge is 2.23. The SMILES string of the molecule is CCOC(=O)COc1c(OC)cc(C=Nn2c([C@H](C)CC)nc3ccc(Br)cc3c2=O)cc1[N+](=O)[O-]. The number of halogens is 1. The predicted octanol–water partition coefficient (Wildman–Crippen LogP) is 4.41. The summed E-state index contributed by atoms with van der Waals surface area (Å²) < 4.78 is 17.3. The number of benzene rings is 2. The lowest BCUT2D eigenvalue weighted by molar-refractivity contribution is -0.385. The molecule has 0 radical (unpaired) electrons. The van der Waals surface area contributed by atoms with Crippen molar-refractivity contribution in [3.8, 4) is 11.5 Å². The van der Waals surface area contributed by atoms with Gasteiger partial charge in [0.05, 0.1) is 35.8 Å². The zero-order valence-corrected chi connectivity index (χ0v) is 21.8. The number of nitro groups is 1. The Hall–Kier alpha value is -3.80. The molecule has 3 rings (SSSR count). The molecule has 0 aliphatic carbocycles. The summed E-state index contributed by atoms with van der Waals surface area (Å²) >= 11 is 3.37. The molecule has 0 aliphatic rings. The molecule has 0 saturated carbocycles. The van der Waals surface area contributed by atoms with Crippen LogP contribution in [0.4, 0.5) is 5.69 Å². The standard InChI is InChI=1S/C24H25BrN4O7/c1-5-14(3)23-27-18-8-7-16(25)11-17(18)24(31)28(23)26-12-15-9-19(29(32)33)22(20(10-15)34-4)36-13-21(30)35-6-2/h7-12,14H,5-6,13H2,1-4H3/t14-/m1/s1. The molecule has 36 heavy (non-hydrogen) atoms. The molecule has 1 atom stereocenters. The minimum absolute atomic E-state index is 0.0185. The van der Waals surface area contributed by atoms with Gasteiger partial charge in [0.2, 0.25) is 5.75 Å². The lowest BCUT2D eigenvalue weighted by Crippen LogP contribution is -2.23. The van der Waals surface area contributed by atoms with E-state index < -0.39 is 23.2 Å². The van der Waals surface area contributed by atoms with Gasteiger partial charge in [-0.2, -0.15) is 9.78 Å². The lowest BCUT2D eigenvalue weighted by atomic mass is 10.1. The summed E-state index contributed by atoms with van der Waals surface area (Å²) in [6.45, 7) is 5.17. The Balaban J connectivity index is 2.10. The van der Waals surface area contributed by atoms with E-state index in [0.717, 1.165) is 10.9 Å². The number of nitro benzene ring substituents is 1. The molecule has 0 fully saturated rings.